The first-order valence-corrected chi connectivity index (χ1v) is 5.88. The minimum atomic E-state index is -0.401. The zero-order valence-corrected chi connectivity index (χ0v) is 10.6. The Kier molecular flexibility index (Phi) is 3.82. The van der Waals surface area contributed by atoms with Gasteiger partial charge >= 0.3 is 0 Å². The van der Waals surface area contributed by atoms with Gasteiger partial charge in [0.1, 0.15) is 11.6 Å². The Morgan fingerprint density at radius 1 is 1.11 bits per heavy atom. The van der Waals surface area contributed by atoms with E-state index in [4.69, 9.17) is 11.6 Å². The van der Waals surface area contributed by atoms with Crippen molar-refractivity contribution >= 4 is 17.3 Å². The molecule has 0 aliphatic heterocycles. The van der Waals surface area contributed by atoms with Crippen molar-refractivity contribution in [2.45, 2.75) is 13.5 Å². The normalized spacial score (nSPS) is 10.4. The van der Waals surface area contributed by atoms with Crippen LogP contribution in [-0.2, 0) is 6.54 Å². The first-order chi connectivity index (χ1) is 8.56. The highest BCUT2D eigenvalue weighted by Crippen LogP contribution is 2.20. The summed E-state index contributed by atoms with van der Waals surface area (Å²) in [5, 5.41) is 3.32. The third kappa shape index (κ3) is 2.99. The predicted octanol–water partition coefficient (Wildman–Crippen LogP) is 4.54. The van der Waals surface area contributed by atoms with Gasteiger partial charge in [-0.05, 0) is 48.4 Å². The molecule has 0 heterocycles. The SMILES string of the molecule is Cc1cc(F)ccc1CNc1ccc(Cl)cc1F. The molecule has 94 valence electrons. The Balaban J connectivity index is 2.11. The van der Waals surface area contributed by atoms with Crippen molar-refractivity contribution < 1.29 is 8.78 Å². The maximum Gasteiger partial charge on any atom is 0.147 e. The lowest BCUT2D eigenvalue weighted by Crippen LogP contribution is -2.03. The predicted molar refractivity (Wildman–Crippen MR) is 69.9 cm³/mol. The number of hydrogen-bond acceptors (Lipinski definition) is 1. The molecule has 4 heteroatoms. The fraction of sp³-hybridized carbons (Fsp3) is 0.143. The third-order valence-electron chi connectivity index (χ3n) is 2.71. The van der Waals surface area contributed by atoms with Gasteiger partial charge < -0.3 is 5.32 Å². The van der Waals surface area contributed by atoms with E-state index in [-0.39, 0.29) is 5.82 Å². The maximum absolute atomic E-state index is 13.5. The molecule has 18 heavy (non-hydrogen) atoms. The van der Waals surface area contributed by atoms with E-state index >= 15 is 0 Å². The molecular formula is C14H12ClF2N. The lowest BCUT2D eigenvalue weighted by Gasteiger charge is -2.10. The molecule has 0 saturated heterocycles. The monoisotopic (exact) mass is 267 g/mol. The second kappa shape index (κ2) is 5.36. The summed E-state index contributed by atoms with van der Waals surface area (Å²) in [6.45, 7) is 2.25. The summed E-state index contributed by atoms with van der Waals surface area (Å²) in [6, 6.07) is 8.98. The van der Waals surface area contributed by atoms with E-state index in [0.29, 0.717) is 17.3 Å². The van der Waals surface area contributed by atoms with E-state index < -0.39 is 5.82 Å². The Bertz CT molecular complexity index is 518. The molecule has 1 N–H and O–H groups in total. The van der Waals surface area contributed by atoms with Crippen molar-refractivity contribution in [1.29, 1.82) is 0 Å². The van der Waals surface area contributed by atoms with Crippen LogP contribution in [0.4, 0.5) is 14.5 Å². The molecule has 0 aliphatic carbocycles. The average molecular weight is 268 g/mol. The third-order valence-corrected chi connectivity index (χ3v) is 2.94. The topological polar surface area (TPSA) is 12.0 Å². The lowest BCUT2D eigenvalue weighted by atomic mass is 10.1. The van der Waals surface area contributed by atoms with Gasteiger partial charge in [-0.1, -0.05) is 17.7 Å². The lowest BCUT2D eigenvalue weighted by molar-refractivity contribution is 0.625. The van der Waals surface area contributed by atoms with Crippen molar-refractivity contribution in [3.63, 3.8) is 0 Å². The summed E-state index contributed by atoms with van der Waals surface area (Å²) in [4.78, 5) is 0. The van der Waals surface area contributed by atoms with Crippen LogP contribution in [0.15, 0.2) is 36.4 Å². The van der Waals surface area contributed by atoms with Gasteiger partial charge in [0, 0.05) is 11.6 Å². The molecule has 0 atom stereocenters. The molecule has 2 rings (SSSR count). The first-order valence-electron chi connectivity index (χ1n) is 5.50. The highest BCUT2D eigenvalue weighted by molar-refractivity contribution is 6.30. The molecule has 0 aromatic heterocycles. The van der Waals surface area contributed by atoms with Crippen molar-refractivity contribution in [2.24, 2.45) is 0 Å². The Morgan fingerprint density at radius 2 is 1.89 bits per heavy atom. The number of nitrogens with one attached hydrogen (secondary N) is 1. The summed E-state index contributed by atoms with van der Waals surface area (Å²) in [7, 11) is 0. The van der Waals surface area contributed by atoms with Crippen molar-refractivity contribution in [2.75, 3.05) is 5.32 Å². The van der Waals surface area contributed by atoms with E-state index in [0.717, 1.165) is 11.1 Å². The van der Waals surface area contributed by atoms with Gasteiger partial charge in [-0.25, -0.2) is 8.78 Å². The molecule has 2 aromatic carbocycles. The molecule has 2 aromatic rings. The van der Waals surface area contributed by atoms with Gasteiger partial charge in [-0.15, -0.1) is 0 Å². The van der Waals surface area contributed by atoms with Crippen molar-refractivity contribution in [3.05, 3.63) is 64.2 Å². The van der Waals surface area contributed by atoms with E-state index in [9.17, 15) is 8.78 Å². The second-order valence-electron chi connectivity index (χ2n) is 4.05. The fourth-order valence-electron chi connectivity index (χ4n) is 1.68. The Labute approximate surface area is 109 Å². The molecule has 0 fully saturated rings. The molecule has 1 nitrogen and oxygen atoms in total. The second-order valence-corrected chi connectivity index (χ2v) is 4.48. The van der Waals surface area contributed by atoms with Crippen LogP contribution in [0.1, 0.15) is 11.1 Å². The van der Waals surface area contributed by atoms with Crippen LogP contribution in [-0.4, -0.2) is 0 Å². The number of hydrogen-bond donors (Lipinski definition) is 1. The zero-order valence-electron chi connectivity index (χ0n) is 9.81. The Morgan fingerprint density at radius 3 is 2.56 bits per heavy atom. The number of aryl methyl sites for hydroxylation is 1. The molecule has 0 spiro atoms. The van der Waals surface area contributed by atoms with Crippen LogP contribution in [0.25, 0.3) is 0 Å². The van der Waals surface area contributed by atoms with Gasteiger partial charge in [-0.2, -0.15) is 0 Å². The van der Waals surface area contributed by atoms with Crippen LogP contribution >= 0.6 is 11.6 Å². The van der Waals surface area contributed by atoms with E-state index in [1.54, 1.807) is 18.2 Å². The largest absolute Gasteiger partial charge is 0.379 e. The molecule has 0 unspecified atom stereocenters. The zero-order chi connectivity index (χ0) is 13.1. The van der Waals surface area contributed by atoms with E-state index in [1.165, 1.54) is 18.2 Å². The highest BCUT2D eigenvalue weighted by Gasteiger charge is 2.04. The van der Waals surface area contributed by atoms with E-state index in [1.807, 2.05) is 6.92 Å². The molecule has 0 radical (unpaired) electrons. The summed E-state index contributed by atoms with van der Waals surface area (Å²) in [6.07, 6.45) is 0. The number of halogens is 3. The van der Waals surface area contributed by atoms with Crippen LogP contribution < -0.4 is 5.32 Å². The van der Waals surface area contributed by atoms with Gasteiger partial charge in [0.2, 0.25) is 0 Å². The number of rotatable bonds is 3. The first kappa shape index (κ1) is 12.8. The van der Waals surface area contributed by atoms with Crippen LogP contribution in [0, 0.1) is 18.6 Å². The molecule has 0 aliphatic rings. The molecule has 0 bridgehead atoms. The summed E-state index contributed by atoms with van der Waals surface area (Å²) < 4.78 is 26.4. The average Bonchev–Trinajstić information content (AvgIpc) is 2.30. The van der Waals surface area contributed by atoms with Gasteiger partial charge in [-0.3, -0.25) is 0 Å². The number of benzene rings is 2. The highest BCUT2D eigenvalue weighted by atomic mass is 35.5. The molecular weight excluding hydrogens is 256 g/mol. The van der Waals surface area contributed by atoms with Crippen molar-refractivity contribution in [1.82, 2.24) is 0 Å². The molecule has 0 saturated carbocycles. The van der Waals surface area contributed by atoms with Crippen LogP contribution in [0.2, 0.25) is 5.02 Å². The van der Waals surface area contributed by atoms with Crippen molar-refractivity contribution in [3.8, 4) is 0 Å². The quantitative estimate of drug-likeness (QED) is 0.861. The summed E-state index contributed by atoms with van der Waals surface area (Å²) in [5.41, 5.74) is 2.13. The van der Waals surface area contributed by atoms with Crippen LogP contribution in [0.5, 0.6) is 0 Å². The standard InChI is InChI=1S/C14H12ClF2N/c1-9-6-12(16)4-2-10(9)8-18-14-5-3-11(15)7-13(14)17/h2-7,18H,8H2,1H3. The van der Waals surface area contributed by atoms with Gasteiger partial charge in [0.15, 0.2) is 0 Å². The maximum atomic E-state index is 13.5. The van der Waals surface area contributed by atoms with Crippen LogP contribution in [0.3, 0.4) is 0 Å². The summed E-state index contributed by atoms with van der Waals surface area (Å²) in [5.74, 6) is -0.670. The minimum absolute atomic E-state index is 0.270. The number of anilines is 1. The summed E-state index contributed by atoms with van der Waals surface area (Å²) >= 11 is 5.67. The fourth-order valence-corrected chi connectivity index (χ4v) is 1.84. The molecule has 0 amide bonds. The van der Waals surface area contributed by atoms with Gasteiger partial charge in [0.05, 0.1) is 5.69 Å². The van der Waals surface area contributed by atoms with Gasteiger partial charge in [0.25, 0.3) is 0 Å². The Hall–Kier alpha value is -1.61. The smallest absolute Gasteiger partial charge is 0.147 e. The van der Waals surface area contributed by atoms with E-state index in [2.05, 4.69) is 5.32 Å². The minimum Gasteiger partial charge on any atom is -0.379 e.